The van der Waals surface area contributed by atoms with Gasteiger partial charge in [-0.1, -0.05) is 23.7 Å². The molecular formula is C17H18ClNO5S. The molecule has 0 bridgehead atoms. The van der Waals surface area contributed by atoms with Gasteiger partial charge in [-0.15, -0.1) is 0 Å². The highest BCUT2D eigenvalue weighted by Crippen LogP contribution is 2.22. The second-order valence-electron chi connectivity index (χ2n) is 5.15. The van der Waals surface area contributed by atoms with Crippen LogP contribution in [-0.4, -0.2) is 34.6 Å². The third-order valence-electron chi connectivity index (χ3n) is 3.30. The van der Waals surface area contributed by atoms with Gasteiger partial charge >= 0.3 is 5.97 Å². The Hall–Kier alpha value is -2.09. The Morgan fingerprint density at radius 2 is 1.92 bits per heavy atom. The smallest absolute Gasteiger partial charge is 0.338 e. The summed E-state index contributed by atoms with van der Waals surface area (Å²) in [7, 11) is -2.50. The molecule has 0 radical (unpaired) electrons. The summed E-state index contributed by atoms with van der Waals surface area (Å²) in [6.45, 7) is 2.16. The minimum absolute atomic E-state index is 0.0219. The predicted octanol–water partition coefficient (Wildman–Crippen LogP) is 2.79. The standard InChI is InChI=1S/C17H18ClNO5S/c1-12-4-3-5-14(10-12)23-8-9-24-17(20)13-6-7-15(18)16(11-13)25(21,22)19-2/h3-7,10-11,19H,8-9H2,1-2H3. The van der Waals surface area contributed by atoms with E-state index in [4.69, 9.17) is 21.1 Å². The van der Waals surface area contributed by atoms with E-state index in [1.807, 2.05) is 31.2 Å². The second kappa shape index (κ2) is 8.33. The summed E-state index contributed by atoms with van der Waals surface area (Å²) in [5.74, 6) is 0.0296. The number of esters is 1. The van der Waals surface area contributed by atoms with Crippen molar-refractivity contribution in [2.45, 2.75) is 11.8 Å². The van der Waals surface area contributed by atoms with E-state index in [0.717, 1.165) is 5.56 Å². The first-order valence-electron chi connectivity index (χ1n) is 7.43. The van der Waals surface area contributed by atoms with E-state index in [-0.39, 0.29) is 28.7 Å². The zero-order valence-electron chi connectivity index (χ0n) is 13.8. The molecule has 0 saturated heterocycles. The minimum Gasteiger partial charge on any atom is -0.490 e. The van der Waals surface area contributed by atoms with E-state index >= 15 is 0 Å². The summed E-state index contributed by atoms with van der Waals surface area (Å²) in [5, 5.41) is 0.0219. The van der Waals surface area contributed by atoms with Crippen molar-refractivity contribution < 1.29 is 22.7 Å². The number of carbonyl (C=O) groups excluding carboxylic acids is 1. The highest BCUT2D eigenvalue weighted by molar-refractivity contribution is 7.89. The molecule has 2 rings (SSSR count). The largest absolute Gasteiger partial charge is 0.490 e. The monoisotopic (exact) mass is 383 g/mol. The lowest BCUT2D eigenvalue weighted by molar-refractivity contribution is 0.0450. The van der Waals surface area contributed by atoms with E-state index in [2.05, 4.69) is 4.72 Å². The Bertz CT molecular complexity index is 867. The first-order chi connectivity index (χ1) is 11.8. The fraction of sp³-hybridized carbons (Fsp3) is 0.235. The van der Waals surface area contributed by atoms with Gasteiger partial charge in [0.25, 0.3) is 0 Å². The zero-order valence-corrected chi connectivity index (χ0v) is 15.4. The van der Waals surface area contributed by atoms with Gasteiger partial charge in [0.2, 0.25) is 10.0 Å². The van der Waals surface area contributed by atoms with Gasteiger partial charge in [0.1, 0.15) is 23.9 Å². The van der Waals surface area contributed by atoms with Crippen molar-refractivity contribution >= 4 is 27.6 Å². The van der Waals surface area contributed by atoms with Crippen LogP contribution in [0.5, 0.6) is 5.75 Å². The summed E-state index contributed by atoms with van der Waals surface area (Å²) in [6.07, 6.45) is 0. The number of benzene rings is 2. The van der Waals surface area contributed by atoms with E-state index < -0.39 is 16.0 Å². The average molecular weight is 384 g/mol. The molecule has 0 atom stereocenters. The molecule has 134 valence electrons. The molecular weight excluding hydrogens is 366 g/mol. The number of carbonyl (C=O) groups is 1. The van der Waals surface area contributed by atoms with Gasteiger partial charge in [0, 0.05) is 0 Å². The van der Waals surface area contributed by atoms with Crippen LogP contribution >= 0.6 is 11.6 Å². The van der Waals surface area contributed by atoms with Crippen molar-refractivity contribution in [3.8, 4) is 5.75 Å². The highest BCUT2D eigenvalue weighted by Gasteiger charge is 2.19. The number of hydrogen-bond donors (Lipinski definition) is 1. The lowest BCUT2D eigenvalue weighted by atomic mass is 10.2. The number of rotatable bonds is 7. The molecule has 6 nitrogen and oxygen atoms in total. The van der Waals surface area contributed by atoms with Gasteiger partial charge in [-0.05, 0) is 49.9 Å². The zero-order chi connectivity index (χ0) is 18.4. The topological polar surface area (TPSA) is 81.7 Å². The predicted molar refractivity (Wildman–Crippen MR) is 94.7 cm³/mol. The third kappa shape index (κ3) is 5.19. The van der Waals surface area contributed by atoms with Crippen LogP contribution in [0.2, 0.25) is 5.02 Å². The third-order valence-corrected chi connectivity index (χ3v) is 5.20. The Morgan fingerprint density at radius 1 is 1.16 bits per heavy atom. The van der Waals surface area contributed by atoms with Crippen LogP contribution in [0.4, 0.5) is 0 Å². The van der Waals surface area contributed by atoms with Crippen LogP contribution in [-0.2, 0) is 14.8 Å². The Kier molecular flexibility index (Phi) is 6.41. The molecule has 0 aliphatic heterocycles. The summed E-state index contributed by atoms with van der Waals surface area (Å²) >= 11 is 5.88. The molecule has 0 amide bonds. The number of ether oxygens (including phenoxy) is 2. The molecule has 0 fully saturated rings. The summed E-state index contributed by atoms with van der Waals surface area (Å²) in [6, 6.07) is 11.4. The first kappa shape index (κ1) is 19.2. The maximum absolute atomic E-state index is 12.1. The van der Waals surface area contributed by atoms with Crippen molar-refractivity contribution in [2.24, 2.45) is 0 Å². The van der Waals surface area contributed by atoms with Crippen molar-refractivity contribution in [2.75, 3.05) is 20.3 Å². The van der Waals surface area contributed by atoms with Crippen LogP contribution in [0.3, 0.4) is 0 Å². The van der Waals surface area contributed by atoms with E-state index in [0.29, 0.717) is 5.75 Å². The maximum atomic E-state index is 12.1. The summed E-state index contributed by atoms with van der Waals surface area (Å²) < 4.78 is 36.5. The van der Waals surface area contributed by atoms with Crippen molar-refractivity contribution in [1.82, 2.24) is 4.72 Å². The van der Waals surface area contributed by atoms with E-state index in [1.54, 1.807) is 0 Å². The van der Waals surface area contributed by atoms with E-state index in [1.165, 1.54) is 25.2 Å². The fourth-order valence-corrected chi connectivity index (χ4v) is 3.28. The van der Waals surface area contributed by atoms with Gasteiger partial charge in [-0.25, -0.2) is 17.9 Å². The Balaban J connectivity index is 1.96. The number of halogens is 1. The molecule has 0 aliphatic carbocycles. The SMILES string of the molecule is CNS(=O)(=O)c1cc(C(=O)OCCOc2cccc(C)c2)ccc1Cl. The molecule has 0 saturated carbocycles. The molecule has 1 N–H and O–H groups in total. The second-order valence-corrected chi connectivity index (χ2v) is 7.42. The minimum atomic E-state index is -3.76. The van der Waals surface area contributed by atoms with Gasteiger partial charge < -0.3 is 9.47 Å². The van der Waals surface area contributed by atoms with Crippen LogP contribution in [0.15, 0.2) is 47.4 Å². The summed E-state index contributed by atoms with van der Waals surface area (Å²) in [5.41, 5.74) is 1.16. The molecule has 0 spiro atoms. The fourth-order valence-electron chi connectivity index (χ4n) is 2.03. The Labute approximate surface area is 151 Å². The molecule has 2 aromatic carbocycles. The molecule has 2 aromatic rings. The van der Waals surface area contributed by atoms with Crippen LogP contribution in [0.1, 0.15) is 15.9 Å². The molecule has 25 heavy (non-hydrogen) atoms. The number of nitrogens with one attached hydrogen (secondary N) is 1. The molecule has 0 heterocycles. The lowest BCUT2D eigenvalue weighted by Crippen LogP contribution is -2.20. The normalized spacial score (nSPS) is 11.2. The number of sulfonamides is 1. The molecule has 0 aliphatic rings. The highest BCUT2D eigenvalue weighted by atomic mass is 35.5. The Morgan fingerprint density at radius 3 is 2.60 bits per heavy atom. The molecule has 8 heteroatoms. The molecule has 0 aromatic heterocycles. The van der Waals surface area contributed by atoms with Crippen LogP contribution in [0, 0.1) is 6.92 Å². The molecule has 0 unspecified atom stereocenters. The van der Waals surface area contributed by atoms with Crippen LogP contribution in [0.25, 0.3) is 0 Å². The van der Waals surface area contributed by atoms with Crippen molar-refractivity contribution in [3.05, 3.63) is 58.6 Å². The average Bonchev–Trinajstić information content (AvgIpc) is 2.59. The summed E-state index contributed by atoms with van der Waals surface area (Å²) in [4.78, 5) is 11.9. The van der Waals surface area contributed by atoms with E-state index in [9.17, 15) is 13.2 Å². The van der Waals surface area contributed by atoms with Gasteiger partial charge in [0.15, 0.2) is 0 Å². The maximum Gasteiger partial charge on any atom is 0.338 e. The van der Waals surface area contributed by atoms with Crippen molar-refractivity contribution in [3.63, 3.8) is 0 Å². The van der Waals surface area contributed by atoms with Crippen molar-refractivity contribution in [1.29, 1.82) is 0 Å². The number of hydrogen-bond acceptors (Lipinski definition) is 5. The van der Waals surface area contributed by atoms with Crippen LogP contribution < -0.4 is 9.46 Å². The first-order valence-corrected chi connectivity index (χ1v) is 9.29. The quantitative estimate of drug-likeness (QED) is 0.587. The number of aryl methyl sites for hydroxylation is 1. The van der Waals surface area contributed by atoms with Gasteiger partial charge in [0.05, 0.1) is 10.6 Å². The lowest BCUT2D eigenvalue weighted by Gasteiger charge is -2.09. The van der Waals surface area contributed by atoms with Gasteiger partial charge in [-0.2, -0.15) is 0 Å². The van der Waals surface area contributed by atoms with Gasteiger partial charge in [-0.3, -0.25) is 0 Å².